The van der Waals surface area contributed by atoms with Gasteiger partial charge in [0, 0.05) is 5.69 Å². The number of rotatable bonds is 6. The lowest BCUT2D eigenvalue weighted by Crippen LogP contribution is -2.05. The summed E-state index contributed by atoms with van der Waals surface area (Å²) < 4.78 is 7.18. The second kappa shape index (κ2) is 7.93. The first-order chi connectivity index (χ1) is 13.6. The van der Waals surface area contributed by atoms with Crippen molar-refractivity contribution in [1.82, 2.24) is 29.7 Å². The van der Waals surface area contributed by atoms with Gasteiger partial charge in [-0.25, -0.2) is 24.6 Å². The molecule has 0 aliphatic heterocycles. The third-order valence-electron chi connectivity index (χ3n) is 3.74. The Labute approximate surface area is 169 Å². The van der Waals surface area contributed by atoms with Crippen LogP contribution in [-0.2, 0) is 6.54 Å². The molecular formula is C17H13Cl2N7O2. The maximum absolute atomic E-state index is 9.12. The molecule has 1 aromatic carbocycles. The number of aliphatic hydroxyl groups is 1. The normalized spacial score (nSPS) is 11.0. The van der Waals surface area contributed by atoms with Gasteiger partial charge in [0.25, 0.3) is 0 Å². The van der Waals surface area contributed by atoms with Gasteiger partial charge >= 0.3 is 6.01 Å². The standard InChI is InChI=1S/C17H13Cl2N7O2/c18-10-6-20-17(21-7-10)28-14-2-1-11(5-13(14)19)25-15-12-8-24-26(3-4-27)16(12)23-9-22-15/h1-2,5-9,27H,3-4H2,(H,22,23,25). The topological polar surface area (TPSA) is 111 Å². The molecule has 0 aliphatic rings. The lowest BCUT2D eigenvalue weighted by molar-refractivity contribution is 0.271. The molecule has 28 heavy (non-hydrogen) atoms. The van der Waals surface area contributed by atoms with E-state index in [1.165, 1.54) is 18.7 Å². The molecule has 9 nitrogen and oxygen atoms in total. The average molecular weight is 418 g/mol. The van der Waals surface area contributed by atoms with Crippen molar-refractivity contribution in [2.45, 2.75) is 6.54 Å². The van der Waals surface area contributed by atoms with Crippen LogP contribution in [0.1, 0.15) is 0 Å². The predicted molar refractivity (Wildman–Crippen MR) is 104 cm³/mol. The fourth-order valence-corrected chi connectivity index (χ4v) is 2.82. The SMILES string of the molecule is OCCn1ncc2c(Nc3ccc(Oc4ncc(Cl)cn4)c(Cl)c3)ncnc21. The monoisotopic (exact) mass is 417 g/mol. The summed E-state index contributed by atoms with van der Waals surface area (Å²) in [5, 5.41) is 18.0. The second-order valence-electron chi connectivity index (χ2n) is 5.61. The summed E-state index contributed by atoms with van der Waals surface area (Å²) in [4.78, 5) is 16.4. The number of benzene rings is 1. The molecule has 4 aromatic rings. The molecule has 2 N–H and O–H groups in total. The summed E-state index contributed by atoms with van der Waals surface area (Å²) >= 11 is 12.1. The van der Waals surface area contributed by atoms with E-state index in [9.17, 15) is 0 Å². The van der Waals surface area contributed by atoms with Crippen LogP contribution in [0.2, 0.25) is 10.0 Å². The van der Waals surface area contributed by atoms with Crippen molar-refractivity contribution in [3.8, 4) is 11.8 Å². The van der Waals surface area contributed by atoms with Gasteiger partial charge in [-0.05, 0) is 18.2 Å². The Kier molecular flexibility index (Phi) is 5.20. The van der Waals surface area contributed by atoms with Crippen molar-refractivity contribution >= 4 is 45.7 Å². The summed E-state index contributed by atoms with van der Waals surface area (Å²) in [7, 11) is 0. The molecule has 0 amide bonds. The summed E-state index contributed by atoms with van der Waals surface area (Å²) in [6, 6.07) is 5.30. The maximum Gasteiger partial charge on any atom is 0.322 e. The minimum absolute atomic E-state index is 0.0298. The van der Waals surface area contributed by atoms with Crippen LogP contribution in [0.25, 0.3) is 11.0 Å². The van der Waals surface area contributed by atoms with E-state index in [-0.39, 0.29) is 12.6 Å². The number of ether oxygens (including phenoxy) is 1. The Morgan fingerprint density at radius 3 is 2.64 bits per heavy atom. The summed E-state index contributed by atoms with van der Waals surface area (Å²) in [6.45, 7) is 0.322. The summed E-state index contributed by atoms with van der Waals surface area (Å²) in [5.74, 6) is 0.970. The highest BCUT2D eigenvalue weighted by Crippen LogP contribution is 2.32. The van der Waals surface area contributed by atoms with Crippen LogP contribution < -0.4 is 10.1 Å². The first-order valence-corrected chi connectivity index (χ1v) is 8.89. The molecule has 0 bridgehead atoms. The highest BCUT2D eigenvalue weighted by molar-refractivity contribution is 6.32. The second-order valence-corrected chi connectivity index (χ2v) is 6.45. The Morgan fingerprint density at radius 2 is 1.89 bits per heavy atom. The van der Waals surface area contributed by atoms with Crippen LogP contribution >= 0.6 is 23.2 Å². The van der Waals surface area contributed by atoms with Gasteiger partial charge < -0.3 is 15.2 Å². The minimum Gasteiger partial charge on any atom is -0.423 e. The van der Waals surface area contributed by atoms with E-state index in [1.54, 1.807) is 29.1 Å². The quantitative estimate of drug-likeness (QED) is 0.490. The van der Waals surface area contributed by atoms with E-state index in [0.29, 0.717) is 39.5 Å². The highest BCUT2D eigenvalue weighted by Gasteiger charge is 2.11. The zero-order chi connectivity index (χ0) is 19.5. The van der Waals surface area contributed by atoms with Crippen molar-refractivity contribution in [1.29, 1.82) is 0 Å². The molecule has 0 unspecified atom stereocenters. The van der Waals surface area contributed by atoms with Crippen molar-refractivity contribution in [2.24, 2.45) is 0 Å². The molecule has 0 atom stereocenters. The van der Waals surface area contributed by atoms with E-state index in [0.717, 1.165) is 5.39 Å². The van der Waals surface area contributed by atoms with Gasteiger partial charge in [0.2, 0.25) is 0 Å². The van der Waals surface area contributed by atoms with E-state index >= 15 is 0 Å². The van der Waals surface area contributed by atoms with E-state index in [1.807, 2.05) is 0 Å². The van der Waals surface area contributed by atoms with Gasteiger partial charge in [0.05, 0.1) is 47.2 Å². The lowest BCUT2D eigenvalue weighted by Gasteiger charge is -2.10. The number of aliphatic hydroxyl groups excluding tert-OH is 1. The van der Waals surface area contributed by atoms with Crippen LogP contribution in [-0.4, -0.2) is 41.4 Å². The first-order valence-electron chi connectivity index (χ1n) is 8.13. The van der Waals surface area contributed by atoms with Gasteiger partial charge in [0.15, 0.2) is 5.65 Å². The Hall–Kier alpha value is -3.01. The molecule has 142 valence electrons. The average Bonchev–Trinajstić information content (AvgIpc) is 3.10. The number of anilines is 2. The number of aromatic nitrogens is 6. The van der Waals surface area contributed by atoms with Gasteiger partial charge in [-0.3, -0.25) is 0 Å². The zero-order valence-corrected chi connectivity index (χ0v) is 15.8. The number of hydrogen-bond acceptors (Lipinski definition) is 8. The fourth-order valence-electron chi connectivity index (χ4n) is 2.50. The van der Waals surface area contributed by atoms with Crippen molar-refractivity contribution in [3.63, 3.8) is 0 Å². The predicted octanol–water partition coefficient (Wildman–Crippen LogP) is 3.45. The molecule has 3 heterocycles. The summed E-state index contributed by atoms with van der Waals surface area (Å²) in [6.07, 6.45) is 5.94. The molecule has 0 saturated carbocycles. The van der Waals surface area contributed by atoms with E-state index in [4.69, 9.17) is 33.0 Å². The number of fused-ring (bicyclic) bond motifs is 1. The van der Waals surface area contributed by atoms with Crippen LogP contribution in [0.4, 0.5) is 11.5 Å². The van der Waals surface area contributed by atoms with E-state index < -0.39 is 0 Å². The minimum atomic E-state index is -0.0298. The smallest absolute Gasteiger partial charge is 0.322 e. The summed E-state index contributed by atoms with van der Waals surface area (Å²) in [5.41, 5.74) is 1.32. The largest absolute Gasteiger partial charge is 0.423 e. The molecule has 4 rings (SSSR count). The third kappa shape index (κ3) is 3.81. The molecule has 0 spiro atoms. The Bertz CT molecular complexity index is 1120. The van der Waals surface area contributed by atoms with Crippen LogP contribution in [0, 0.1) is 0 Å². The molecule has 0 saturated heterocycles. The van der Waals surface area contributed by atoms with Crippen LogP contribution in [0.5, 0.6) is 11.8 Å². The van der Waals surface area contributed by atoms with Gasteiger partial charge in [-0.2, -0.15) is 5.10 Å². The molecule has 3 aromatic heterocycles. The number of nitrogens with zero attached hydrogens (tertiary/aromatic N) is 6. The van der Waals surface area contributed by atoms with Crippen molar-refractivity contribution < 1.29 is 9.84 Å². The molecule has 11 heteroatoms. The first kappa shape index (κ1) is 18.4. The Morgan fingerprint density at radius 1 is 1.07 bits per heavy atom. The van der Waals surface area contributed by atoms with Gasteiger partial charge in [0.1, 0.15) is 17.9 Å². The highest BCUT2D eigenvalue weighted by atomic mass is 35.5. The maximum atomic E-state index is 9.12. The molecule has 0 aliphatic carbocycles. The zero-order valence-electron chi connectivity index (χ0n) is 14.3. The van der Waals surface area contributed by atoms with Crippen molar-refractivity contribution in [3.05, 3.63) is 53.2 Å². The Balaban J connectivity index is 1.56. The van der Waals surface area contributed by atoms with Crippen LogP contribution in [0.15, 0.2) is 43.1 Å². The van der Waals surface area contributed by atoms with Crippen molar-refractivity contribution in [2.75, 3.05) is 11.9 Å². The van der Waals surface area contributed by atoms with Gasteiger partial charge in [-0.15, -0.1) is 0 Å². The van der Waals surface area contributed by atoms with E-state index in [2.05, 4.69) is 30.4 Å². The number of nitrogens with one attached hydrogen (secondary N) is 1. The number of halogens is 2. The molecular weight excluding hydrogens is 405 g/mol. The fraction of sp³-hybridized carbons (Fsp3) is 0.118. The number of hydrogen-bond donors (Lipinski definition) is 2. The lowest BCUT2D eigenvalue weighted by atomic mass is 10.3. The van der Waals surface area contributed by atoms with Gasteiger partial charge in [-0.1, -0.05) is 23.2 Å². The third-order valence-corrected chi connectivity index (χ3v) is 4.23. The molecule has 0 radical (unpaired) electrons. The molecule has 0 fully saturated rings. The van der Waals surface area contributed by atoms with Crippen LogP contribution in [0.3, 0.4) is 0 Å².